The standard InChI is InChI=1S/C74H125N3O56/c1-4-5-30(89)77-64-31(75-17(2)87)42(99)56(26(13-85)115-64)126-65-32(76-18(3)88)43(100)57(27(14-86)123-65)127-70-55(112)59(129-73-63(50(107)39(96)24(11-83)121-73)133-74-62(49(106)38(95)25(12-84)122-74)132-69-53(110)46(103)35(92)21(8-80)118-69)41(98)29(125-70)15-113-66-54(111)58(128-72-61(48(105)37(94)23(10-82)120-72)131-68-52(109)45(102)34(91)20(7-79)117-68)40(97)28(124-66)16-114-71-60(47(104)36(93)22(9-81)119-71)130-67-51(108)44(101)33(90)19(6-78)116-67/h19-29,31-74,78-86,90-112H,4-16H2,1-3H3,(H,75,87)(H,76,88)(H,77,89)/t19?,20-,21-,22?,23-,24-,25-,26?,27?,28?,29?,31?,32?,33+,34+,35+,36+,37+,38+,39+,40+,41+,42+,43+,44-,45?,46?,47-,48?,49?,50?,51?,52?,53?,54?,55?,56+,57+,58-,59-,60?,61?,62?,63?,64+,65-,66-,67+,68+,69+,70-,71-,72+,73+,74+/m0/s1. The molecule has 0 saturated carbocycles. The van der Waals surface area contributed by atoms with E-state index in [-0.39, 0.29) is 6.42 Å². The largest absolute Gasteiger partial charge is 0.394 e. The van der Waals surface area contributed by atoms with Gasteiger partial charge in [0.2, 0.25) is 17.7 Å². The average Bonchev–Trinajstić information content (AvgIpc) is 1.51. The first-order valence-electron chi connectivity index (χ1n) is 42.7. The SMILES string of the molecule is CCCC(=O)N[C@@H]1OC(CO)[C@@H](O[C@@H]2OC(CO)[C@@H](O[C@@H]3OC(CO[C@H]4OC(CO[C@H]5OC(CO)[C@@H](O)[C@H](O)C5O[C@H]5OC(CO)[C@@H](O)[C@H](O)C5O)[C@@H](O)[C@H](O[C@H]5O[C@@H](CO)[C@@H](O)C(O)C5O[C@H]5O[C@@H](CO)[C@@H](O)C(O)C5O)C4O)[C@@H](O)[C@H](O[C@H]4O[C@@H](CO)[C@@H](O)C(O)C4O[C@H]4O[C@@H](CO)[C@@H](O)C(O)C4O[C@H]4O[C@@H](CO)[C@@H](O)C(O)C4O)C3O)[C@H](O)C2NC(C)=O)[C@H](O)C1NC(C)=O. The minimum atomic E-state index is -2.70. The molecule has 35 N–H and O–H groups in total. The Balaban J connectivity index is 0.964. The van der Waals surface area contributed by atoms with Crippen molar-refractivity contribution in [2.45, 2.75) is 371 Å². The van der Waals surface area contributed by atoms with Crippen molar-refractivity contribution >= 4 is 17.7 Å². The van der Waals surface area contributed by atoms with Gasteiger partial charge in [-0.05, 0) is 6.42 Å². The number of aliphatic hydroxyl groups is 32. The third-order valence-corrected chi connectivity index (χ3v) is 24.6. The first-order chi connectivity index (χ1) is 63.1. The first kappa shape index (κ1) is 110. The Morgan fingerprint density at radius 2 is 0.474 bits per heavy atom. The van der Waals surface area contributed by atoms with Gasteiger partial charge in [-0.1, -0.05) is 6.92 Å². The predicted molar refractivity (Wildman–Crippen MR) is 406 cm³/mol. The Kier molecular flexibility index (Phi) is 39.9. The molecule has 59 nitrogen and oxygen atoms in total. The van der Waals surface area contributed by atoms with Gasteiger partial charge in [0, 0.05) is 20.3 Å². The molecule has 0 aliphatic carbocycles. The molecule has 0 aromatic rings. The summed E-state index contributed by atoms with van der Waals surface area (Å²) in [6.07, 6.45) is -117. The van der Waals surface area contributed by atoms with Crippen molar-refractivity contribution in [1.82, 2.24) is 16.0 Å². The van der Waals surface area contributed by atoms with Crippen molar-refractivity contribution < 1.29 is 277 Å². The van der Waals surface area contributed by atoms with Crippen LogP contribution >= 0.6 is 0 Å². The van der Waals surface area contributed by atoms with Gasteiger partial charge in [0.25, 0.3) is 0 Å². The Hall–Kier alpha value is -3.71. The fourth-order valence-corrected chi connectivity index (χ4v) is 17.1. The lowest BCUT2D eigenvalue weighted by Gasteiger charge is -2.51. The van der Waals surface area contributed by atoms with Gasteiger partial charge in [0.15, 0.2) is 69.1 Å². The summed E-state index contributed by atoms with van der Waals surface area (Å²) in [5.41, 5.74) is 0. The van der Waals surface area contributed by atoms with Crippen LogP contribution in [0.1, 0.15) is 33.6 Å². The van der Waals surface area contributed by atoms with Crippen LogP contribution in [-0.2, 0) is 114 Å². The Morgan fingerprint density at radius 1 is 0.226 bits per heavy atom. The van der Waals surface area contributed by atoms with Crippen LogP contribution in [0.25, 0.3) is 0 Å². The molecule has 55 atom stereocenters. The molecule has 0 radical (unpaired) electrons. The molecule has 0 aromatic heterocycles. The highest BCUT2D eigenvalue weighted by Gasteiger charge is 2.63. The number of nitrogens with one attached hydrogen (secondary N) is 3. The van der Waals surface area contributed by atoms with Crippen LogP contribution in [0.3, 0.4) is 0 Å². The van der Waals surface area contributed by atoms with E-state index in [1.165, 1.54) is 0 Å². The van der Waals surface area contributed by atoms with Crippen molar-refractivity contribution in [2.75, 3.05) is 72.7 Å². The second-order valence-corrected chi connectivity index (χ2v) is 33.7. The second kappa shape index (κ2) is 48.4. The van der Waals surface area contributed by atoms with Crippen LogP contribution in [-0.4, -0.2) is 591 Å². The van der Waals surface area contributed by atoms with Crippen LogP contribution in [0.5, 0.6) is 0 Å². The number of carbonyl (C=O) groups excluding carboxylic acids is 3. The lowest BCUT2D eigenvalue weighted by molar-refractivity contribution is -0.408. The zero-order valence-electron chi connectivity index (χ0n) is 71.1. The zero-order chi connectivity index (χ0) is 97.6. The smallest absolute Gasteiger partial charge is 0.222 e. The van der Waals surface area contributed by atoms with E-state index >= 15 is 0 Å². The van der Waals surface area contributed by atoms with E-state index in [1.807, 2.05) is 0 Å². The number of amides is 3. The summed E-state index contributed by atoms with van der Waals surface area (Å²) in [4.78, 5) is 38.8. The van der Waals surface area contributed by atoms with E-state index in [1.54, 1.807) is 6.92 Å². The van der Waals surface area contributed by atoms with Crippen LogP contribution < -0.4 is 16.0 Å². The van der Waals surface area contributed by atoms with E-state index in [0.29, 0.717) is 6.42 Å². The molecule has 0 bridgehead atoms. The van der Waals surface area contributed by atoms with Crippen molar-refractivity contribution in [3.8, 4) is 0 Å². The van der Waals surface area contributed by atoms with Crippen LogP contribution in [0, 0.1) is 0 Å². The van der Waals surface area contributed by atoms with Gasteiger partial charge >= 0.3 is 0 Å². The molecule has 772 valence electrons. The summed E-state index contributed by atoms with van der Waals surface area (Å²) >= 11 is 0. The van der Waals surface area contributed by atoms with Gasteiger partial charge in [-0.25, -0.2) is 0 Å². The number of hydrogen-bond acceptors (Lipinski definition) is 56. The number of rotatable bonds is 36. The van der Waals surface area contributed by atoms with Crippen LogP contribution in [0.15, 0.2) is 0 Å². The monoisotopic (exact) mass is 1950 g/mol. The summed E-state index contributed by atoms with van der Waals surface area (Å²) in [6.45, 7) is -9.22. The lowest BCUT2D eigenvalue weighted by atomic mass is 9.93. The normalized spacial score (nSPS) is 50.1. The van der Waals surface area contributed by atoms with Gasteiger partial charge in [-0.15, -0.1) is 0 Å². The van der Waals surface area contributed by atoms with Gasteiger partial charge < -0.3 is 279 Å². The van der Waals surface area contributed by atoms with Crippen LogP contribution in [0.2, 0.25) is 0 Å². The molecule has 59 heteroatoms. The Bertz CT molecular complexity index is 3550. The lowest BCUT2D eigenvalue weighted by Crippen LogP contribution is -2.71. The maximum atomic E-state index is 13.3. The van der Waals surface area contributed by atoms with E-state index in [0.717, 1.165) is 13.8 Å². The molecule has 22 unspecified atom stereocenters. The van der Waals surface area contributed by atoms with Crippen molar-refractivity contribution in [3.05, 3.63) is 0 Å². The highest BCUT2D eigenvalue weighted by molar-refractivity contribution is 5.77. The molecular formula is C74H125N3O56. The van der Waals surface area contributed by atoms with E-state index in [4.69, 9.17) is 99.5 Å². The Labute approximate surface area is 752 Å². The molecule has 11 aliphatic rings. The molecule has 0 spiro atoms. The van der Waals surface area contributed by atoms with Gasteiger partial charge in [0.05, 0.1) is 72.7 Å². The van der Waals surface area contributed by atoms with E-state index in [2.05, 4.69) is 16.0 Å². The number of aliphatic hydroxyl groups excluding tert-OH is 32. The topological polar surface area (TPSA) is 928 Å². The molecule has 11 fully saturated rings. The van der Waals surface area contributed by atoms with E-state index in [9.17, 15) is 178 Å². The maximum Gasteiger partial charge on any atom is 0.222 e. The third-order valence-electron chi connectivity index (χ3n) is 24.6. The average molecular weight is 1950 g/mol. The summed E-state index contributed by atoms with van der Waals surface area (Å²) in [5.74, 6) is -2.42. The highest BCUT2D eigenvalue weighted by Crippen LogP contribution is 2.42. The number of carbonyl (C=O) groups is 3. The van der Waals surface area contributed by atoms with Gasteiger partial charge in [-0.2, -0.15) is 0 Å². The zero-order valence-corrected chi connectivity index (χ0v) is 71.1. The fraction of sp³-hybridized carbons (Fsp3) is 0.959. The molecule has 11 heterocycles. The highest BCUT2D eigenvalue weighted by atomic mass is 16.8. The molecule has 11 saturated heterocycles. The quantitative estimate of drug-likeness (QED) is 0.0277. The number of hydrogen-bond donors (Lipinski definition) is 35. The van der Waals surface area contributed by atoms with Gasteiger partial charge in [-0.3, -0.25) is 14.4 Å². The van der Waals surface area contributed by atoms with Crippen molar-refractivity contribution in [3.63, 3.8) is 0 Å². The molecule has 11 aliphatic heterocycles. The fourth-order valence-electron chi connectivity index (χ4n) is 17.1. The number of ether oxygens (including phenoxy) is 21. The molecule has 133 heavy (non-hydrogen) atoms. The second-order valence-electron chi connectivity index (χ2n) is 33.7. The summed E-state index contributed by atoms with van der Waals surface area (Å²) < 4.78 is 125. The maximum absolute atomic E-state index is 13.3. The van der Waals surface area contributed by atoms with Crippen molar-refractivity contribution in [1.29, 1.82) is 0 Å². The third kappa shape index (κ3) is 24.1. The minimum Gasteiger partial charge on any atom is -0.394 e. The summed E-state index contributed by atoms with van der Waals surface area (Å²) in [7, 11) is 0. The Morgan fingerprint density at radius 3 is 0.827 bits per heavy atom. The van der Waals surface area contributed by atoms with Crippen LogP contribution in [0.4, 0.5) is 0 Å². The van der Waals surface area contributed by atoms with Gasteiger partial charge in [0.1, 0.15) is 268 Å². The van der Waals surface area contributed by atoms with Crippen molar-refractivity contribution in [2.24, 2.45) is 0 Å². The first-order valence-corrected chi connectivity index (χ1v) is 42.7. The minimum absolute atomic E-state index is 0.0773. The molecular weight excluding hydrogens is 1830 g/mol. The molecule has 11 rings (SSSR count). The summed E-state index contributed by atoms with van der Waals surface area (Å²) in [5, 5.41) is 366. The molecule has 3 amide bonds. The molecule has 0 aromatic carbocycles. The predicted octanol–water partition coefficient (Wildman–Crippen LogP) is -23.8. The van der Waals surface area contributed by atoms with E-state index < -0.39 is 428 Å². The summed E-state index contributed by atoms with van der Waals surface area (Å²) in [6, 6.07) is -3.61.